The van der Waals surface area contributed by atoms with E-state index >= 15 is 0 Å². The average Bonchev–Trinajstić information content (AvgIpc) is 3.12. The van der Waals surface area contributed by atoms with Crippen LogP contribution in [-0.2, 0) is 16.4 Å². The molecule has 0 spiro atoms. The number of aryl methyl sites for hydroxylation is 1. The Labute approximate surface area is 178 Å². The van der Waals surface area contributed by atoms with Crippen LogP contribution in [0.3, 0.4) is 0 Å². The Morgan fingerprint density at radius 2 is 1.85 bits per heavy atom. The minimum Gasteiger partial charge on any atom is -0.469 e. The van der Waals surface area contributed by atoms with Crippen molar-refractivity contribution >= 4 is 40.0 Å². The summed E-state index contributed by atoms with van der Waals surface area (Å²) in [5.41, 5.74) is 1.02. The summed E-state index contributed by atoms with van der Waals surface area (Å²) in [6.07, 6.45) is 2.40. The summed E-state index contributed by atoms with van der Waals surface area (Å²) >= 11 is 0. The summed E-state index contributed by atoms with van der Waals surface area (Å²) in [5, 5.41) is 6.33. The van der Waals surface area contributed by atoms with Crippen LogP contribution in [0, 0.1) is 6.92 Å². The number of rotatable bonds is 9. The molecule has 1 aromatic heterocycles. The van der Waals surface area contributed by atoms with Gasteiger partial charge in [-0.2, -0.15) is 0 Å². The highest BCUT2D eigenvalue weighted by molar-refractivity contribution is 14.0. The largest absolute Gasteiger partial charge is 0.469 e. The number of nitrogens with zero attached hydrogens (tertiary/aromatic N) is 1. The average molecular weight is 506 g/mol. The van der Waals surface area contributed by atoms with E-state index in [0.717, 1.165) is 24.3 Å². The van der Waals surface area contributed by atoms with Crippen LogP contribution in [-0.4, -0.2) is 40.6 Å². The van der Waals surface area contributed by atoms with Gasteiger partial charge in [-0.15, -0.1) is 24.0 Å². The van der Waals surface area contributed by atoms with Crippen molar-refractivity contribution in [2.75, 3.05) is 26.2 Å². The minimum absolute atomic E-state index is 0. The predicted octanol–water partition coefficient (Wildman–Crippen LogP) is 2.28. The van der Waals surface area contributed by atoms with Gasteiger partial charge < -0.3 is 15.1 Å². The molecule has 0 radical (unpaired) electrons. The van der Waals surface area contributed by atoms with Crippen LogP contribution in [0.15, 0.2) is 57.0 Å². The zero-order chi connectivity index (χ0) is 18.8. The molecule has 0 bridgehead atoms. The Kier molecular flexibility index (Phi) is 10.4. The lowest BCUT2D eigenvalue weighted by molar-refractivity contribution is 0.507. The van der Waals surface area contributed by atoms with E-state index in [-0.39, 0.29) is 35.4 Å². The molecule has 0 amide bonds. The summed E-state index contributed by atoms with van der Waals surface area (Å²) in [7, 11) is -3.51. The molecule has 9 heteroatoms. The number of benzene rings is 1. The molecule has 7 nitrogen and oxygen atoms in total. The number of hydrogen-bond donors (Lipinski definition) is 3. The molecule has 0 aliphatic heterocycles. The molecule has 0 atom stereocenters. The highest BCUT2D eigenvalue weighted by atomic mass is 127. The predicted molar refractivity (Wildman–Crippen MR) is 118 cm³/mol. The van der Waals surface area contributed by atoms with Gasteiger partial charge in [-0.3, -0.25) is 4.99 Å². The van der Waals surface area contributed by atoms with E-state index in [4.69, 9.17) is 4.42 Å². The fraction of sp³-hybridized carbons (Fsp3) is 0.389. The third-order valence-electron chi connectivity index (χ3n) is 3.59. The Bertz CT molecular complexity index is 791. The first-order valence-corrected chi connectivity index (χ1v) is 10.1. The quantitative estimate of drug-likeness (QED) is 0.210. The van der Waals surface area contributed by atoms with Crippen LogP contribution in [0.1, 0.15) is 18.2 Å². The Balaban J connectivity index is 0.00000364. The highest BCUT2D eigenvalue weighted by Crippen LogP contribution is 2.09. The Morgan fingerprint density at radius 1 is 1.11 bits per heavy atom. The molecule has 0 fully saturated rings. The fourth-order valence-electron chi connectivity index (χ4n) is 2.25. The lowest BCUT2D eigenvalue weighted by atomic mass is 10.2. The molecule has 2 aromatic rings. The van der Waals surface area contributed by atoms with Gasteiger partial charge in [-0.05, 0) is 38.1 Å². The number of furan rings is 1. The summed E-state index contributed by atoms with van der Waals surface area (Å²) in [4.78, 5) is 4.64. The van der Waals surface area contributed by atoms with Crippen molar-refractivity contribution in [1.29, 1.82) is 0 Å². The first-order valence-electron chi connectivity index (χ1n) is 8.62. The second-order valence-electron chi connectivity index (χ2n) is 5.73. The SMILES string of the molecule is CCNC(=NCCNS(=O)(=O)c1ccc(C)cc1)NCCc1ccco1.I. The third-order valence-corrected chi connectivity index (χ3v) is 5.07. The Hall–Kier alpha value is -1.59. The van der Waals surface area contributed by atoms with E-state index in [1.54, 1.807) is 30.5 Å². The topological polar surface area (TPSA) is 95.7 Å². The summed E-state index contributed by atoms with van der Waals surface area (Å²) in [5.74, 6) is 1.55. The van der Waals surface area contributed by atoms with E-state index in [1.807, 2.05) is 26.0 Å². The fourth-order valence-corrected chi connectivity index (χ4v) is 3.27. The van der Waals surface area contributed by atoms with E-state index in [1.165, 1.54) is 0 Å². The van der Waals surface area contributed by atoms with E-state index in [0.29, 0.717) is 19.0 Å². The molecule has 0 saturated heterocycles. The zero-order valence-corrected chi connectivity index (χ0v) is 18.7. The normalized spacial score (nSPS) is 11.7. The van der Waals surface area contributed by atoms with Crippen LogP contribution < -0.4 is 15.4 Å². The van der Waals surface area contributed by atoms with Gasteiger partial charge in [0.25, 0.3) is 0 Å². The van der Waals surface area contributed by atoms with E-state index in [2.05, 4.69) is 20.3 Å². The van der Waals surface area contributed by atoms with Crippen molar-refractivity contribution in [3.05, 3.63) is 54.0 Å². The number of guanidine groups is 1. The zero-order valence-electron chi connectivity index (χ0n) is 15.6. The second kappa shape index (κ2) is 12.0. The first kappa shape index (κ1) is 23.4. The maximum Gasteiger partial charge on any atom is 0.240 e. The Morgan fingerprint density at radius 3 is 2.48 bits per heavy atom. The lowest BCUT2D eigenvalue weighted by Gasteiger charge is -2.11. The van der Waals surface area contributed by atoms with Crippen molar-refractivity contribution in [2.24, 2.45) is 4.99 Å². The van der Waals surface area contributed by atoms with Gasteiger partial charge in [0.15, 0.2) is 5.96 Å². The van der Waals surface area contributed by atoms with Crippen molar-refractivity contribution in [3.8, 4) is 0 Å². The lowest BCUT2D eigenvalue weighted by Crippen LogP contribution is -2.39. The first-order chi connectivity index (χ1) is 12.5. The molecular weight excluding hydrogens is 479 g/mol. The van der Waals surface area contributed by atoms with Crippen molar-refractivity contribution < 1.29 is 12.8 Å². The van der Waals surface area contributed by atoms with Crippen molar-refractivity contribution in [3.63, 3.8) is 0 Å². The maximum atomic E-state index is 12.2. The van der Waals surface area contributed by atoms with Crippen LogP contribution in [0.5, 0.6) is 0 Å². The summed E-state index contributed by atoms with van der Waals surface area (Å²) in [6.45, 7) is 5.85. The number of nitrogens with one attached hydrogen (secondary N) is 3. The molecule has 0 aliphatic carbocycles. The van der Waals surface area contributed by atoms with Crippen LogP contribution in [0.25, 0.3) is 0 Å². The second-order valence-corrected chi connectivity index (χ2v) is 7.49. The number of sulfonamides is 1. The van der Waals surface area contributed by atoms with Gasteiger partial charge in [0, 0.05) is 26.1 Å². The number of halogens is 1. The van der Waals surface area contributed by atoms with Gasteiger partial charge in [-0.1, -0.05) is 17.7 Å². The number of aliphatic imine (C=N–C) groups is 1. The molecule has 150 valence electrons. The van der Waals surface area contributed by atoms with Gasteiger partial charge in [0.1, 0.15) is 5.76 Å². The van der Waals surface area contributed by atoms with Gasteiger partial charge in [0.05, 0.1) is 17.7 Å². The van der Waals surface area contributed by atoms with Crippen molar-refractivity contribution in [2.45, 2.75) is 25.2 Å². The van der Waals surface area contributed by atoms with Crippen LogP contribution in [0.4, 0.5) is 0 Å². The minimum atomic E-state index is -3.51. The molecule has 1 heterocycles. The summed E-state index contributed by atoms with van der Waals surface area (Å²) in [6, 6.07) is 10.5. The monoisotopic (exact) mass is 506 g/mol. The maximum absolute atomic E-state index is 12.2. The smallest absolute Gasteiger partial charge is 0.240 e. The molecule has 0 aliphatic rings. The van der Waals surface area contributed by atoms with E-state index < -0.39 is 10.0 Å². The molecule has 0 unspecified atom stereocenters. The van der Waals surface area contributed by atoms with Gasteiger partial charge >= 0.3 is 0 Å². The van der Waals surface area contributed by atoms with Crippen LogP contribution in [0.2, 0.25) is 0 Å². The standard InChI is InChI=1S/C18H26N4O3S.HI/c1-3-19-18(20-11-10-16-5-4-14-25-16)21-12-13-22-26(23,24)17-8-6-15(2)7-9-17;/h4-9,14,22H,3,10-13H2,1-2H3,(H2,19,20,21);1H. The van der Waals surface area contributed by atoms with E-state index in [9.17, 15) is 8.42 Å². The molecule has 27 heavy (non-hydrogen) atoms. The molecule has 3 N–H and O–H groups in total. The molecule has 1 aromatic carbocycles. The van der Waals surface area contributed by atoms with Gasteiger partial charge in [-0.25, -0.2) is 13.1 Å². The third kappa shape index (κ3) is 8.31. The number of hydrogen-bond acceptors (Lipinski definition) is 4. The molecule has 2 rings (SSSR count). The van der Waals surface area contributed by atoms with Crippen LogP contribution >= 0.6 is 24.0 Å². The molecule has 0 saturated carbocycles. The van der Waals surface area contributed by atoms with Crippen molar-refractivity contribution in [1.82, 2.24) is 15.4 Å². The summed E-state index contributed by atoms with van der Waals surface area (Å²) < 4.78 is 32.3. The molecular formula is C18H27IN4O3S. The highest BCUT2D eigenvalue weighted by Gasteiger charge is 2.12. The van der Waals surface area contributed by atoms with Gasteiger partial charge in [0.2, 0.25) is 10.0 Å².